The predicted molar refractivity (Wildman–Crippen MR) is 72.0 cm³/mol. The maximum absolute atomic E-state index is 12.6. The van der Waals surface area contributed by atoms with Crippen LogP contribution in [-0.2, 0) is 10.0 Å². The van der Waals surface area contributed by atoms with Gasteiger partial charge in [0.25, 0.3) is 0 Å². The lowest BCUT2D eigenvalue weighted by Crippen LogP contribution is -2.44. The molecule has 0 radical (unpaired) electrons. The molecule has 1 N–H and O–H groups in total. The second-order valence-electron chi connectivity index (χ2n) is 4.61. The minimum atomic E-state index is -3.60. The van der Waals surface area contributed by atoms with Crippen molar-refractivity contribution < 1.29 is 8.42 Å². The van der Waals surface area contributed by atoms with Gasteiger partial charge in [-0.2, -0.15) is 9.57 Å². The molecule has 6 heteroatoms. The largest absolute Gasteiger partial charge is 0.317 e. The van der Waals surface area contributed by atoms with E-state index in [2.05, 4.69) is 5.32 Å². The second-order valence-corrected chi connectivity index (χ2v) is 6.58. The van der Waals surface area contributed by atoms with E-state index in [0.29, 0.717) is 0 Å². The third-order valence-electron chi connectivity index (χ3n) is 3.49. The third kappa shape index (κ3) is 2.78. The molecule has 0 saturated carbocycles. The zero-order valence-electron chi connectivity index (χ0n) is 10.8. The Morgan fingerprint density at radius 3 is 2.58 bits per heavy atom. The standard InChI is InChI=1S/C13H17N3O2S/c1-16(12-6-8-15-9-7-12)19(17,18)13-5-3-2-4-11(13)10-14/h2-5,12,15H,6-9H2,1H3. The number of sulfonamides is 1. The van der Waals surface area contributed by atoms with Gasteiger partial charge in [0, 0.05) is 13.1 Å². The van der Waals surface area contributed by atoms with Crippen LogP contribution in [0.3, 0.4) is 0 Å². The maximum atomic E-state index is 12.6. The number of nitrogens with zero attached hydrogens (tertiary/aromatic N) is 2. The second kappa shape index (κ2) is 5.70. The van der Waals surface area contributed by atoms with Gasteiger partial charge in [0.2, 0.25) is 10.0 Å². The Bertz CT molecular complexity index is 586. The molecule has 0 spiro atoms. The van der Waals surface area contributed by atoms with Crippen molar-refractivity contribution >= 4 is 10.0 Å². The molecule has 1 aliphatic heterocycles. The van der Waals surface area contributed by atoms with Crippen LogP contribution in [-0.4, -0.2) is 38.9 Å². The molecule has 19 heavy (non-hydrogen) atoms. The third-order valence-corrected chi connectivity index (χ3v) is 5.46. The van der Waals surface area contributed by atoms with Gasteiger partial charge < -0.3 is 5.32 Å². The van der Waals surface area contributed by atoms with E-state index in [1.54, 1.807) is 19.2 Å². The first-order chi connectivity index (χ1) is 9.07. The van der Waals surface area contributed by atoms with E-state index in [4.69, 9.17) is 5.26 Å². The van der Waals surface area contributed by atoms with E-state index >= 15 is 0 Å². The Balaban J connectivity index is 2.34. The van der Waals surface area contributed by atoms with Crippen molar-refractivity contribution in [2.75, 3.05) is 20.1 Å². The minimum absolute atomic E-state index is 0.00185. The molecule has 0 bridgehead atoms. The minimum Gasteiger partial charge on any atom is -0.317 e. The van der Waals surface area contributed by atoms with Crippen LogP contribution in [0.5, 0.6) is 0 Å². The van der Waals surface area contributed by atoms with Crippen LogP contribution in [0, 0.1) is 11.3 Å². The molecule has 0 aromatic heterocycles. The molecule has 0 unspecified atom stereocenters. The van der Waals surface area contributed by atoms with Crippen molar-refractivity contribution in [2.45, 2.75) is 23.8 Å². The van der Waals surface area contributed by atoms with Gasteiger partial charge in [0.15, 0.2) is 0 Å². The highest BCUT2D eigenvalue weighted by Gasteiger charge is 2.30. The number of piperidine rings is 1. The summed E-state index contributed by atoms with van der Waals surface area (Å²) in [4.78, 5) is 0.0959. The molecule has 1 heterocycles. The van der Waals surface area contributed by atoms with Gasteiger partial charge in [-0.15, -0.1) is 0 Å². The van der Waals surface area contributed by atoms with Crippen molar-refractivity contribution in [2.24, 2.45) is 0 Å². The van der Waals surface area contributed by atoms with E-state index in [9.17, 15) is 8.42 Å². The SMILES string of the molecule is CN(C1CCNCC1)S(=O)(=O)c1ccccc1C#N. The molecule has 1 saturated heterocycles. The van der Waals surface area contributed by atoms with Crippen LogP contribution >= 0.6 is 0 Å². The average Bonchev–Trinajstić information content (AvgIpc) is 2.47. The summed E-state index contributed by atoms with van der Waals surface area (Å²) in [7, 11) is -2.00. The molecule has 102 valence electrons. The Hall–Kier alpha value is -1.42. The average molecular weight is 279 g/mol. The zero-order chi connectivity index (χ0) is 13.9. The molecule has 2 rings (SSSR count). The van der Waals surface area contributed by atoms with Gasteiger partial charge in [-0.25, -0.2) is 8.42 Å². The normalized spacial score (nSPS) is 17.3. The Kier molecular flexibility index (Phi) is 4.20. The summed E-state index contributed by atoms with van der Waals surface area (Å²) in [6, 6.07) is 8.27. The lowest BCUT2D eigenvalue weighted by Gasteiger charge is -2.31. The topological polar surface area (TPSA) is 73.2 Å². The summed E-state index contributed by atoms with van der Waals surface area (Å²) in [5, 5.41) is 12.2. The molecule has 1 aromatic rings. The number of benzene rings is 1. The molecule has 0 amide bonds. The molecule has 1 aliphatic rings. The van der Waals surface area contributed by atoms with Crippen molar-refractivity contribution in [3.63, 3.8) is 0 Å². The van der Waals surface area contributed by atoms with Crippen molar-refractivity contribution in [1.29, 1.82) is 5.26 Å². The number of hydrogen-bond donors (Lipinski definition) is 1. The molecule has 1 fully saturated rings. The smallest absolute Gasteiger partial charge is 0.244 e. The van der Waals surface area contributed by atoms with E-state index in [0.717, 1.165) is 25.9 Å². The Morgan fingerprint density at radius 2 is 1.95 bits per heavy atom. The predicted octanol–water partition coefficient (Wildman–Crippen LogP) is 0.931. The molecule has 0 atom stereocenters. The maximum Gasteiger partial charge on any atom is 0.244 e. The van der Waals surface area contributed by atoms with Crippen molar-refractivity contribution in [3.05, 3.63) is 29.8 Å². The first-order valence-electron chi connectivity index (χ1n) is 6.25. The van der Waals surface area contributed by atoms with Crippen LogP contribution in [0.4, 0.5) is 0 Å². The Labute approximate surface area is 113 Å². The van der Waals surface area contributed by atoms with Gasteiger partial charge in [0.05, 0.1) is 10.5 Å². The molecule has 5 nitrogen and oxygen atoms in total. The van der Waals surface area contributed by atoms with Crippen LogP contribution < -0.4 is 5.32 Å². The van der Waals surface area contributed by atoms with Crippen LogP contribution in [0.15, 0.2) is 29.2 Å². The van der Waals surface area contributed by atoms with Crippen LogP contribution in [0.1, 0.15) is 18.4 Å². The van der Waals surface area contributed by atoms with Crippen LogP contribution in [0.25, 0.3) is 0 Å². The molecule has 0 aliphatic carbocycles. The fraction of sp³-hybridized carbons (Fsp3) is 0.462. The zero-order valence-corrected chi connectivity index (χ0v) is 11.7. The monoisotopic (exact) mass is 279 g/mol. The number of rotatable bonds is 3. The number of hydrogen-bond acceptors (Lipinski definition) is 4. The quantitative estimate of drug-likeness (QED) is 0.893. The summed E-state index contributed by atoms with van der Waals surface area (Å²) in [6.45, 7) is 1.65. The fourth-order valence-corrected chi connectivity index (χ4v) is 3.86. The van der Waals surface area contributed by atoms with Gasteiger partial charge in [-0.3, -0.25) is 0 Å². The first-order valence-corrected chi connectivity index (χ1v) is 7.69. The highest BCUT2D eigenvalue weighted by molar-refractivity contribution is 7.89. The van der Waals surface area contributed by atoms with Crippen molar-refractivity contribution in [3.8, 4) is 6.07 Å². The molecule has 1 aromatic carbocycles. The number of nitriles is 1. The molecular formula is C13H17N3O2S. The summed E-state index contributed by atoms with van der Waals surface area (Å²) in [6.07, 6.45) is 1.59. The van der Waals surface area contributed by atoms with Crippen LogP contribution in [0.2, 0.25) is 0 Å². The Morgan fingerprint density at radius 1 is 1.32 bits per heavy atom. The highest BCUT2D eigenvalue weighted by atomic mass is 32.2. The van der Waals surface area contributed by atoms with E-state index < -0.39 is 10.0 Å². The lowest BCUT2D eigenvalue weighted by atomic mass is 10.1. The summed E-state index contributed by atoms with van der Waals surface area (Å²) >= 11 is 0. The van der Waals surface area contributed by atoms with E-state index in [1.165, 1.54) is 16.4 Å². The van der Waals surface area contributed by atoms with Gasteiger partial charge in [0.1, 0.15) is 6.07 Å². The molecular weight excluding hydrogens is 262 g/mol. The van der Waals surface area contributed by atoms with E-state index in [1.807, 2.05) is 6.07 Å². The van der Waals surface area contributed by atoms with Gasteiger partial charge >= 0.3 is 0 Å². The summed E-state index contributed by atoms with van der Waals surface area (Å²) in [5.74, 6) is 0. The summed E-state index contributed by atoms with van der Waals surface area (Å²) in [5.41, 5.74) is 0.197. The number of nitrogens with one attached hydrogen (secondary N) is 1. The van der Waals surface area contributed by atoms with Gasteiger partial charge in [-0.1, -0.05) is 12.1 Å². The van der Waals surface area contributed by atoms with E-state index in [-0.39, 0.29) is 16.5 Å². The summed E-state index contributed by atoms with van der Waals surface area (Å²) < 4.78 is 26.5. The van der Waals surface area contributed by atoms with Crippen molar-refractivity contribution in [1.82, 2.24) is 9.62 Å². The highest BCUT2D eigenvalue weighted by Crippen LogP contribution is 2.23. The lowest BCUT2D eigenvalue weighted by molar-refractivity contribution is 0.296. The van der Waals surface area contributed by atoms with Gasteiger partial charge in [-0.05, 0) is 38.1 Å². The first kappa shape index (κ1) is 14.0. The fourth-order valence-electron chi connectivity index (χ4n) is 2.31.